The van der Waals surface area contributed by atoms with Crippen LogP contribution in [0.5, 0.6) is 0 Å². The van der Waals surface area contributed by atoms with Gasteiger partial charge < -0.3 is 11.1 Å². The van der Waals surface area contributed by atoms with Crippen molar-refractivity contribution in [2.75, 3.05) is 5.32 Å². The van der Waals surface area contributed by atoms with E-state index in [0.717, 1.165) is 0 Å². The number of benzene rings is 1. The van der Waals surface area contributed by atoms with Gasteiger partial charge in [-0.1, -0.05) is 29.3 Å². The molecule has 0 aliphatic carbocycles. The van der Waals surface area contributed by atoms with Crippen molar-refractivity contribution in [3.05, 3.63) is 28.2 Å². The van der Waals surface area contributed by atoms with Crippen LogP contribution in [-0.4, -0.2) is 11.8 Å². The van der Waals surface area contributed by atoms with Crippen molar-refractivity contribution >= 4 is 40.7 Å². The zero-order valence-electron chi connectivity index (χ0n) is 6.88. The Hall–Kier alpha value is -1.26. The molecule has 0 aliphatic heterocycles. The van der Waals surface area contributed by atoms with Gasteiger partial charge >= 0.3 is 11.8 Å². The molecule has 0 atom stereocenters. The largest absolute Gasteiger partial charge is 0.361 e. The first-order valence-corrected chi connectivity index (χ1v) is 4.32. The van der Waals surface area contributed by atoms with E-state index in [4.69, 9.17) is 28.9 Å². The highest BCUT2D eigenvalue weighted by Gasteiger charge is 2.11. The highest BCUT2D eigenvalue weighted by atomic mass is 35.5. The number of amides is 2. The molecule has 3 N–H and O–H groups in total. The van der Waals surface area contributed by atoms with Crippen LogP contribution >= 0.6 is 23.2 Å². The quantitative estimate of drug-likeness (QED) is 0.720. The van der Waals surface area contributed by atoms with E-state index in [1.54, 1.807) is 12.1 Å². The average Bonchev–Trinajstić information content (AvgIpc) is 2.12. The van der Waals surface area contributed by atoms with E-state index in [1.807, 2.05) is 0 Å². The molecule has 2 amide bonds. The predicted molar refractivity (Wildman–Crippen MR) is 54.3 cm³/mol. The monoisotopic (exact) mass is 232 g/mol. The van der Waals surface area contributed by atoms with Crippen molar-refractivity contribution in [1.29, 1.82) is 0 Å². The minimum Gasteiger partial charge on any atom is -0.361 e. The number of hydrogen-bond donors (Lipinski definition) is 2. The molecular weight excluding hydrogens is 227 g/mol. The fourth-order valence-electron chi connectivity index (χ4n) is 0.784. The highest BCUT2D eigenvalue weighted by molar-refractivity contribution is 6.45. The fraction of sp³-hybridized carbons (Fsp3) is 0. The molecule has 0 aliphatic rings. The Morgan fingerprint density at radius 1 is 1.29 bits per heavy atom. The number of primary amides is 1. The van der Waals surface area contributed by atoms with E-state index in [1.165, 1.54) is 6.07 Å². The number of halogens is 2. The van der Waals surface area contributed by atoms with Crippen molar-refractivity contribution in [2.24, 2.45) is 5.73 Å². The Labute approximate surface area is 90.0 Å². The van der Waals surface area contributed by atoms with Crippen LogP contribution in [0.4, 0.5) is 5.69 Å². The van der Waals surface area contributed by atoms with Gasteiger partial charge in [-0.3, -0.25) is 9.59 Å². The first-order chi connectivity index (χ1) is 6.52. The summed E-state index contributed by atoms with van der Waals surface area (Å²) in [5.74, 6) is -2.02. The third-order valence-electron chi connectivity index (χ3n) is 1.42. The van der Waals surface area contributed by atoms with Gasteiger partial charge in [0.15, 0.2) is 0 Å². The summed E-state index contributed by atoms with van der Waals surface area (Å²) >= 11 is 11.4. The van der Waals surface area contributed by atoms with Crippen LogP contribution in [-0.2, 0) is 9.59 Å². The van der Waals surface area contributed by atoms with Crippen LogP contribution in [0, 0.1) is 0 Å². The number of rotatable bonds is 1. The zero-order chi connectivity index (χ0) is 10.7. The van der Waals surface area contributed by atoms with Crippen molar-refractivity contribution in [3.8, 4) is 0 Å². The van der Waals surface area contributed by atoms with Gasteiger partial charge in [0.1, 0.15) is 0 Å². The SMILES string of the molecule is NC(=O)C(=O)Nc1cccc(Cl)c1Cl. The Kier molecular flexibility index (Phi) is 3.33. The van der Waals surface area contributed by atoms with Gasteiger partial charge in [-0.05, 0) is 12.1 Å². The molecule has 0 bridgehead atoms. The van der Waals surface area contributed by atoms with Crippen LogP contribution in [0.2, 0.25) is 10.0 Å². The topological polar surface area (TPSA) is 72.2 Å². The minimum absolute atomic E-state index is 0.170. The van der Waals surface area contributed by atoms with Crippen LogP contribution in [0.25, 0.3) is 0 Å². The number of anilines is 1. The maximum absolute atomic E-state index is 10.9. The van der Waals surface area contributed by atoms with Gasteiger partial charge in [-0.15, -0.1) is 0 Å². The molecule has 0 aromatic heterocycles. The molecule has 0 saturated heterocycles. The number of carbonyl (C=O) groups is 2. The lowest BCUT2D eigenvalue weighted by molar-refractivity contribution is -0.134. The van der Waals surface area contributed by atoms with Crippen molar-refractivity contribution < 1.29 is 9.59 Å². The van der Waals surface area contributed by atoms with E-state index < -0.39 is 11.8 Å². The molecule has 1 aromatic rings. The van der Waals surface area contributed by atoms with Crippen LogP contribution in [0.1, 0.15) is 0 Å². The molecule has 1 aromatic carbocycles. The first-order valence-electron chi connectivity index (χ1n) is 3.57. The Morgan fingerprint density at radius 3 is 2.50 bits per heavy atom. The van der Waals surface area contributed by atoms with E-state index in [-0.39, 0.29) is 15.7 Å². The summed E-state index contributed by atoms with van der Waals surface area (Å²) < 4.78 is 0. The molecule has 6 heteroatoms. The van der Waals surface area contributed by atoms with Gasteiger partial charge in [-0.25, -0.2) is 0 Å². The van der Waals surface area contributed by atoms with E-state index >= 15 is 0 Å². The molecule has 14 heavy (non-hydrogen) atoms. The van der Waals surface area contributed by atoms with Crippen molar-refractivity contribution in [3.63, 3.8) is 0 Å². The summed E-state index contributed by atoms with van der Waals surface area (Å²) in [5, 5.41) is 2.68. The third kappa shape index (κ3) is 2.37. The summed E-state index contributed by atoms with van der Waals surface area (Å²) in [7, 11) is 0. The van der Waals surface area contributed by atoms with E-state index in [9.17, 15) is 9.59 Å². The lowest BCUT2D eigenvalue weighted by Crippen LogP contribution is -2.29. The Balaban J connectivity index is 2.93. The Bertz CT molecular complexity index is 393. The lowest BCUT2D eigenvalue weighted by atomic mass is 10.3. The zero-order valence-corrected chi connectivity index (χ0v) is 8.39. The smallest absolute Gasteiger partial charge is 0.313 e. The van der Waals surface area contributed by atoms with Crippen LogP contribution in [0.15, 0.2) is 18.2 Å². The second kappa shape index (κ2) is 4.30. The van der Waals surface area contributed by atoms with Gasteiger partial charge in [0.2, 0.25) is 0 Å². The van der Waals surface area contributed by atoms with E-state index in [0.29, 0.717) is 0 Å². The van der Waals surface area contributed by atoms with Crippen molar-refractivity contribution in [2.45, 2.75) is 0 Å². The van der Waals surface area contributed by atoms with Crippen molar-refractivity contribution in [1.82, 2.24) is 0 Å². The minimum atomic E-state index is -1.08. The summed E-state index contributed by atoms with van der Waals surface area (Å²) in [6, 6.07) is 4.66. The number of carbonyl (C=O) groups excluding carboxylic acids is 2. The van der Waals surface area contributed by atoms with Crippen LogP contribution < -0.4 is 11.1 Å². The molecule has 0 saturated carbocycles. The summed E-state index contributed by atoms with van der Waals surface area (Å²) in [4.78, 5) is 21.3. The molecule has 1 rings (SSSR count). The molecule has 0 spiro atoms. The summed E-state index contributed by atoms with van der Waals surface area (Å²) in [5.41, 5.74) is 5.00. The highest BCUT2D eigenvalue weighted by Crippen LogP contribution is 2.29. The van der Waals surface area contributed by atoms with Crippen LogP contribution in [0.3, 0.4) is 0 Å². The summed E-state index contributed by atoms with van der Waals surface area (Å²) in [6.45, 7) is 0. The number of hydrogen-bond acceptors (Lipinski definition) is 2. The molecular formula is C8H6Cl2N2O2. The maximum atomic E-state index is 10.9. The fourth-order valence-corrected chi connectivity index (χ4v) is 1.13. The van der Waals surface area contributed by atoms with Gasteiger partial charge in [0.05, 0.1) is 15.7 Å². The maximum Gasteiger partial charge on any atom is 0.313 e. The molecule has 0 fully saturated rings. The van der Waals surface area contributed by atoms with Gasteiger partial charge in [0.25, 0.3) is 0 Å². The lowest BCUT2D eigenvalue weighted by Gasteiger charge is -2.05. The normalized spacial score (nSPS) is 9.57. The van der Waals surface area contributed by atoms with Gasteiger partial charge in [0, 0.05) is 0 Å². The molecule has 0 unspecified atom stereocenters. The number of nitrogens with two attached hydrogens (primary N) is 1. The second-order valence-electron chi connectivity index (χ2n) is 2.42. The number of nitrogens with one attached hydrogen (secondary N) is 1. The molecule has 0 heterocycles. The first kappa shape index (κ1) is 10.8. The Morgan fingerprint density at radius 2 is 1.93 bits per heavy atom. The second-order valence-corrected chi connectivity index (χ2v) is 3.20. The predicted octanol–water partition coefficient (Wildman–Crippen LogP) is 1.42. The average molecular weight is 233 g/mol. The standard InChI is InChI=1S/C8H6Cl2N2O2/c9-4-2-1-3-5(6(4)10)12-8(14)7(11)13/h1-3H,(H2,11,13)(H,12,14). The molecule has 4 nitrogen and oxygen atoms in total. The molecule has 74 valence electrons. The molecule has 0 radical (unpaired) electrons. The van der Waals surface area contributed by atoms with Gasteiger partial charge in [-0.2, -0.15) is 0 Å². The van der Waals surface area contributed by atoms with E-state index in [2.05, 4.69) is 5.32 Å². The summed E-state index contributed by atoms with van der Waals surface area (Å²) in [6.07, 6.45) is 0. The third-order valence-corrected chi connectivity index (χ3v) is 2.24.